The Labute approximate surface area is 80.7 Å². The number of H-pyrrole nitrogens is 1. The fourth-order valence-electron chi connectivity index (χ4n) is 1.12. The third-order valence-corrected chi connectivity index (χ3v) is 1.87. The summed E-state index contributed by atoms with van der Waals surface area (Å²) in [7, 11) is 1.82. The lowest BCUT2D eigenvalue weighted by molar-refractivity contribution is 0.536. The van der Waals surface area contributed by atoms with Crippen molar-refractivity contribution in [3.8, 4) is 0 Å². The predicted octanol–water partition coefficient (Wildman–Crippen LogP) is 1.06. The highest BCUT2D eigenvalue weighted by molar-refractivity contribution is 5.50. The van der Waals surface area contributed by atoms with Gasteiger partial charge in [-0.05, 0) is 13.0 Å². The molecule has 6 heteroatoms. The maximum atomic E-state index is 5.41. The highest BCUT2D eigenvalue weighted by Crippen LogP contribution is 2.22. The van der Waals surface area contributed by atoms with E-state index in [1.165, 1.54) is 0 Å². The van der Waals surface area contributed by atoms with Crippen LogP contribution in [-0.2, 0) is 0 Å². The first-order valence-corrected chi connectivity index (χ1v) is 4.15. The summed E-state index contributed by atoms with van der Waals surface area (Å²) in [6.45, 7) is 1.88. The number of nitrogens with one attached hydrogen (secondary N) is 1. The quantitative estimate of drug-likeness (QED) is 0.744. The summed E-state index contributed by atoms with van der Waals surface area (Å²) >= 11 is 0. The molecule has 0 radical (unpaired) electrons. The maximum absolute atomic E-state index is 5.41. The fourth-order valence-corrected chi connectivity index (χ4v) is 1.12. The van der Waals surface area contributed by atoms with Gasteiger partial charge in [-0.3, -0.25) is 9.88 Å². The second-order valence-electron chi connectivity index (χ2n) is 2.98. The summed E-state index contributed by atoms with van der Waals surface area (Å²) in [5.74, 6) is 2.38. The Balaban J connectivity index is 2.28. The molecule has 0 aliphatic rings. The molecule has 0 aliphatic heterocycles. The topological polar surface area (TPSA) is 84.0 Å². The first-order valence-electron chi connectivity index (χ1n) is 4.15. The van der Waals surface area contributed by atoms with E-state index in [2.05, 4.69) is 15.2 Å². The number of hydrogen-bond acceptors (Lipinski definition) is 5. The molecule has 3 N–H and O–H groups in total. The molecule has 2 rings (SSSR count). The van der Waals surface area contributed by atoms with E-state index < -0.39 is 0 Å². The van der Waals surface area contributed by atoms with Crippen LogP contribution in [0.5, 0.6) is 0 Å². The lowest BCUT2D eigenvalue weighted by Gasteiger charge is -2.10. The molecule has 6 nitrogen and oxygen atoms in total. The van der Waals surface area contributed by atoms with Crippen LogP contribution < -0.4 is 10.6 Å². The van der Waals surface area contributed by atoms with Gasteiger partial charge in [-0.1, -0.05) is 0 Å². The zero-order chi connectivity index (χ0) is 10.1. The highest BCUT2D eigenvalue weighted by atomic mass is 16.4. The molecule has 0 atom stereocenters. The van der Waals surface area contributed by atoms with Gasteiger partial charge in [-0.15, -0.1) is 10.2 Å². The molecule has 0 saturated heterocycles. The van der Waals surface area contributed by atoms with E-state index in [9.17, 15) is 0 Å². The highest BCUT2D eigenvalue weighted by Gasteiger charge is 2.10. The van der Waals surface area contributed by atoms with Crippen molar-refractivity contribution < 1.29 is 4.42 Å². The van der Waals surface area contributed by atoms with E-state index in [4.69, 9.17) is 10.2 Å². The summed E-state index contributed by atoms with van der Waals surface area (Å²) in [5.41, 5.74) is 5.41. The van der Waals surface area contributed by atoms with Gasteiger partial charge in [0, 0.05) is 13.1 Å². The molecule has 0 saturated carbocycles. The molecular formula is C8H11N5O. The normalized spacial score (nSPS) is 10.4. The number of aryl methyl sites for hydroxylation is 1. The van der Waals surface area contributed by atoms with Gasteiger partial charge in [0.2, 0.25) is 17.8 Å². The Morgan fingerprint density at radius 2 is 2.21 bits per heavy atom. The van der Waals surface area contributed by atoms with E-state index >= 15 is 0 Å². The van der Waals surface area contributed by atoms with Crippen molar-refractivity contribution in [3.05, 3.63) is 17.9 Å². The number of nitrogen functional groups attached to an aromatic ring is 1. The Bertz CT molecular complexity index is 392. The van der Waals surface area contributed by atoms with Crippen LogP contribution in [0.2, 0.25) is 0 Å². The molecule has 2 heterocycles. The molecule has 0 amide bonds. The second kappa shape index (κ2) is 3.06. The van der Waals surface area contributed by atoms with Gasteiger partial charge in [0.15, 0.2) is 0 Å². The minimum absolute atomic E-state index is 0.287. The van der Waals surface area contributed by atoms with Crippen molar-refractivity contribution in [3.63, 3.8) is 0 Å². The number of furan rings is 1. The minimum Gasteiger partial charge on any atom is -0.445 e. The molecule has 0 aliphatic carbocycles. The number of anilines is 3. The summed E-state index contributed by atoms with van der Waals surface area (Å²) in [5, 5.41) is 7.50. The van der Waals surface area contributed by atoms with Gasteiger partial charge in [-0.2, -0.15) is 0 Å². The maximum Gasteiger partial charge on any atom is 0.232 e. The standard InChI is InChI=1S/C8H11N5O/c1-5-3-4-6(14-5)13(2)8-10-7(9)11-12-8/h3-4H,1-2H3,(H3,9,10,11,12). The van der Waals surface area contributed by atoms with Crippen LogP contribution in [0.25, 0.3) is 0 Å². The van der Waals surface area contributed by atoms with E-state index in [0.717, 1.165) is 5.76 Å². The SMILES string of the molecule is Cc1ccc(N(C)c2nnc(N)[nH]2)o1. The Morgan fingerprint density at radius 1 is 1.43 bits per heavy atom. The number of aromatic nitrogens is 3. The Morgan fingerprint density at radius 3 is 2.71 bits per heavy atom. The summed E-state index contributed by atoms with van der Waals surface area (Å²) in [6, 6.07) is 3.74. The molecule has 74 valence electrons. The van der Waals surface area contributed by atoms with Crippen LogP contribution in [0.15, 0.2) is 16.5 Å². The molecule has 14 heavy (non-hydrogen) atoms. The molecule has 2 aromatic rings. The minimum atomic E-state index is 0.287. The van der Waals surface area contributed by atoms with Gasteiger partial charge in [0.05, 0.1) is 0 Å². The van der Waals surface area contributed by atoms with Crippen LogP contribution in [-0.4, -0.2) is 22.2 Å². The van der Waals surface area contributed by atoms with E-state index in [1.807, 2.05) is 26.1 Å². The number of nitrogens with zero attached hydrogens (tertiary/aromatic N) is 3. The summed E-state index contributed by atoms with van der Waals surface area (Å²) in [6.07, 6.45) is 0. The zero-order valence-electron chi connectivity index (χ0n) is 7.98. The number of rotatable bonds is 2. The van der Waals surface area contributed by atoms with Crippen molar-refractivity contribution in [1.82, 2.24) is 15.2 Å². The molecule has 2 aromatic heterocycles. The van der Waals surface area contributed by atoms with Crippen molar-refractivity contribution in [2.24, 2.45) is 0 Å². The van der Waals surface area contributed by atoms with Gasteiger partial charge in [0.25, 0.3) is 0 Å². The fraction of sp³-hybridized carbons (Fsp3) is 0.250. The largest absolute Gasteiger partial charge is 0.445 e. The van der Waals surface area contributed by atoms with Crippen LogP contribution in [0, 0.1) is 6.92 Å². The average Bonchev–Trinajstić information content (AvgIpc) is 2.73. The first kappa shape index (κ1) is 8.61. The zero-order valence-corrected chi connectivity index (χ0v) is 7.98. The lowest BCUT2D eigenvalue weighted by Crippen LogP contribution is -2.10. The second-order valence-corrected chi connectivity index (χ2v) is 2.98. The van der Waals surface area contributed by atoms with Gasteiger partial charge < -0.3 is 10.2 Å². The molecular weight excluding hydrogens is 182 g/mol. The van der Waals surface area contributed by atoms with Crippen molar-refractivity contribution in [2.75, 3.05) is 17.7 Å². The molecule has 0 fully saturated rings. The van der Waals surface area contributed by atoms with Crippen LogP contribution in [0.3, 0.4) is 0 Å². The van der Waals surface area contributed by atoms with Gasteiger partial charge in [0.1, 0.15) is 5.76 Å². The smallest absolute Gasteiger partial charge is 0.232 e. The van der Waals surface area contributed by atoms with Gasteiger partial charge in [-0.25, -0.2) is 0 Å². The van der Waals surface area contributed by atoms with E-state index in [1.54, 1.807) is 4.90 Å². The van der Waals surface area contributed by atoms with Crippen molar-refractivity contribution in [2.45, 2.75) is 6.92 Å². The summed E-state index contributed by atoms with van der Waals surface area (Å²) in [4.78, 5) is 4.54. The lowest BCUT2D eigenvalue weighted by atomic mass is 10.5. The van der Waals surface area contributed by atoms with Crippen LogP contribution in [0.1, 0.15) is 5.76 Å². The average molecular weight is 193 g/mol. The Kier molecular flexibility index (Phi) is 1.88. The van der Waals surface area contributed by atoms with Crippen LogP contribution >= 0.6 is 0 Å². The molecule has 0 aromatic carbocycles. The monoisotopic (exact) mass is 193 g/mol. The first-order chi connectivity index (χ1) is 6.66. The Hall–Kier alpha value is -1.98. The molecule has 0 unspecified atom stereocenters. The number of hydrogen-bond donors (Lipinski definition) is 2. The molecule has 0 bridgehead atoms. The molecule has 0 spiro atoms. The summed E-state index contributed by atoms with van der Waals surface area (Å²) < 4.78 is 5.41. The van der Waals surface area contributed by atoms with Gasteiger partial charge >= 0.3 is 0 Å². The predicted molar refractivity (Wildman–Crippen MR) is 52.3 cm³/mol. The third-order valence-electron chi connectivity index (χ3n) is 1.87. The third kappa shape index (κ3) is 1.41. The van der Waals surface area contributed by atoms with Crippen molar-refractivity contribution >= 4 is 17.8 Å². The number of nitrogens with two attached hydrogens (primary N) is 1. The van der Waals surface area contributed by atoms with E-state index in [0.29, 0.717) is 11.8 Å². The number of aromatic amines is 1. The van der Waals surface area contributed by atoms with Crippen molar-refractivity contribution in [1.29, 1.82) is 0 Å². The van der Waals surface area contributed by atoms with E-state index in [-0.39, 0.29) is 5.95 Å². The van der Waals surface area contributed by atoms with Crippen LogP contribution in [0.4, 0.5) is 17.8 Å².